The normalized spacial score (nSPS) is 11.1. The Bertz CT molecular complexity index is 685. The highest BCUT2D eigenvalue weighted by Crippen LogP contribution is 2.24. The first kappa shape index (κ1) is 18.7. The highest BCUT2D eigenvalue weighted by Gasteiger charge is 2.05. The second-order valence-electron chi connectivity index (χ2n) is 4.37. The minimum Gasteiger partial charge on any atom is -0.397 e. The number of oxime groups is 1. The van der Waals surface area contributed by atoms with Gasteiger partial charge in [-0.1, -0.05) is 23.4 Å². The van der Waals surface area contributed by atoms with Gasteiger partial charge in [-0.3, -0.25) is 0 Å². The summed E-state index contributed by atoms with van der Waals surface area (Å²) in [7, 11) is 1.45. The molecule has 2 aromatic rings. The van der Waals surface area contributed by atoms with Gasteiger partial charge in [0.15, 0.2) is 5.84 Å². The van der Waals surface area contributed by atoms with Crippen LogP contribution in [0.25, 0.3) is 11.1 Å². The summed E-state index contributed by atoms with van der Waals surface area (Å²) in [5.74, 6) is -0.737. The third-order valence-corrected chi connectivity index (χ3v) is 2.94. The lowest BCUT2D eigenvalue weighted by Crippen LogP contribution is -2.07. The molecular formula is C17H18F2N2OS. The summed E-state index contributed by atoms with van der Waals surface area (Å²) in [6.45, 7) is 1.86. The second kappa shape index (κ2) is 9.63. The Kier molecular flexibility index (Phi) is 7.83. The number of nitrogens with zero attached hydrogens (tertiary/aromatic N) is 1. The van der Waals surface area contributed by atoms with Crippen LogP contribution in [0.4, 0.5) is 8.78 Å². The van der Waals surface area contributed by atoms with Crippen LogP contribution in [0.3, 0.4) is 0 Å². The topological polar surface area (TPSA) is 47.6 Å². The molecule has 0 heterocycles. The van der Waals surface area contributed by atoms with E-state index in [1.807, 2.05) is 6.92 Å². The van der Waals surface area contributed by atoms with Crippen molar-refractivity contribution in [3.8, 4) is 11.1 Å². The van der Waals surface area contributed by atoms with Gasteiger partial charge in [-0.2, -0.15) is 0 Å². The van der Waals surface area contributed by atoms with Crippen LogP contribution in [0, 0.1) is 11.6 Å². The zero-order valence-corrected chi connectivity index (χ0v) is 13.7. The smallest absolute Gasteiger partial charge is 0.162 e. The molecule has 0 atom stereocenters. The molecule has 0 aliphatic rings. The predicted molar refractivity (Wildman–Crippen MR) is 92.5 cm³/mol. The van der Waals surface area contributed by atoms with Crippen molar-refractivity contribution in [2.45, 2.75) is 11.8 Å². The van der Waals surface area contributed by atoms with Gasteiger partial charge in [0.25, 0.3) is 0 Å². The van der Waals surface area contributed by atoms with Crippen molar-refractivity contribution in [1.29, 1.82) is 0 Å². The van der Waals surface area contributed by atoms with Crippen molar-refractivity contribution in [3.63, 3.8) is 0 Å². The molecule has 3 nitrogen and oxygen atoms in total. The zero-order valence-electron chi connectivity index (χ0n) is 12.8. The lowest BCUT2D eigenvalue weighted by atomic mass is 10.1. The first-order valence-electron chi connectivity index (χ1n) is 6.71. The van der Waals surface area contributed by atoms with Gasteiger partial charge in [0.1, 0.15) is 18.7 Å². The standard InChI is InChI=1S/C12H8F2S.C5H10N2O/c13-9-3-6-11(12(14)7-9)8-1-4-10(15)5-2-8;1-3-4-5(6)7-8-2/h1-7,15H;3-4H,1-2H3,(H2,6,7)/b;4-3+. The van der Waals surface area contributed by atoms with Crippen LogP contribution >= 0.6 is 12.6 Å². The fourth-order valence-corrected chi connectivity index (χ4v) is 1.82. The Balaban J connectivity index is 0.000000284. The van der Waals surface area contributed by atoms with Gasteiger partial charge in [-0.25, -0.2) is 8.78 Å². The third kappa shape index (κ3) is 6.52. The van der Waals surface area contributed by atoms with Crippen LogP contribution in [0.5, 0.6) is 0 Å². The van der Waals surface area contributed by atoms with Gasteiger partial charge in [-0.05, 0) is 42.8 Å². The van der Waals surface area contributed by atoms with Gasteiger partial charge in [0.05, 0.1) is 0 Å². The number of hydrogen-bond acceptors (Lipinski definition) is 3. The van der Waals surface area contributed by atoms with Crippen molar-refractivity contribution >= 4 is 18.5 Å². The van der Waals surface area contributed by atoms with E-state index in [1.54, 1.807) is 36.4 Å². The average Bonchev–Trinajstić information content (AvgIpc) is 2.50. The van der Waals surface area contributed by atoms with Gasteiger partial charge in [0.2, 0.25) is 0 Å². The maximum absolute atomic E-state index is 13.4. The lowest BCUT2D eigenvalue weighted by molar-refractivity contribution is 0.213. The van der Waals surface area contributed by atoms with Crippen LogP contribution in [0.2, 0.25) is 0 Å². The van der Waals surface area contributed by atoms with Crippen molar-refractivity contribution in [2.24, 2.45) is 10.9 Å². The number of thiol groups is 1. The average molecular weight is 336 g/mol. The Morgan fingerprint density at radius 1 is 1.17 bits per heavy atom. The van der Waals surface area contributed by atoms with E-state index in [9.17, 15) is 8.78 Å². The van der Waals surface area contributed by atoms with Gasteiger partial charge < -0.3 is 10.6 Å². The molecule has 0 amide bonds. The van der Waals surface area contributed by atoms with E-state index >= 15 is 0 Å². The van der Waals surface area contributed by atoms with E-state index in [0.717, 1.165) is 11.0 Å². The predicted octanol–water partition coefficient (Wildman–Crippen LogP) is 4.40. The molecule has 2 rings (SSSR count). The molecule has 0 aliphatic carbocycles. The molecule has 6 heteroatoms. The summed E-state index contributed by atoms with van der Waals surface area (Å²) in [6, 6.07) is 10.6. The first-order chi connectivity index (χ1) is 11.0. The molecule has 0 unspecified atom stereocenters. The monoisotopic (exact) mass is 336 g/mol. The minimum absolute atomic E-state index is 0.384. The van der Waals surface area contributed by atoms with Crippen molar-refractivity contribution in [1.82, 2.24) is 0 Å². The molecular weight excluding hydrogens is 318 g/mol. The molecule has 23 heavy (non-hydrogen) atoms. The molecule has 0 aromatic heterocycles. The molecule has 0 fully saturated rings. The Morgan fingerprint density at radius 2 is 1.83 bits per heavy atom. The van der Waals surface area contributed by atoms with E-state index in [2.05, 4.69) is 22.6 Å². The molecule has 0 saturated heterocycles. The van der Waals surface area contributed by atoms with E-state index in [1.165, 1.54) is 19.2 Å². The SMILES string of the molecule is C/C=C/C(N)=N\OC.Fc1ccc(-c2ccc(S)cc2)c(F)c1. The van der Waals surface area contributed by atoms with Crippen LogP contribution in [-0.4, -0.2) is 12.9 Å². The third-order valence-electron chi connectivity index (χ3n) is 2.64. The first-order valence-corrected chi connectivity index (χ1v) is 7.16. The minimum atomic E-state index is -0.568. The molecule has 2 aromatic carbocycles. The molecule has 2 N–H and O–H groups in total. The summed E-state index contributed by atoms with van der Waals surface area (Å²) < 4.78 is 26.1. The molecule has 0 radical (unpaired) electrons. The van der Waals surface area contributed by atoms with Crippen LogP contribution in [-0.2, 0) is 4.84 Å². The number of nitrogens with two attached hydrogens (primary N) is 1. The number of allylic oxidation sites excluding steroid dienone is 1. The van der Waals surface area contributed by atoms with Crippen molar-refractivity contribution in [2.75, 3.05) is 7.11 Å². The Hall–Kier alpha value is -2.34. The highest BCUT2D eigenvalue weighted by atomic mass is 32.1. The number of benzene rings is 2. The Labute approximate surface area is 139 Å². The maximum Gasteiger partial charge on any atom is 0.162 e. The summed E-state index contributed by atoms with van der Waals surface area (Å²) in [5.41, 5.74) is 6.34. The molecule has 122 valence electrons. The van der Waals surface area contributed by atoms with Crippen LogP contribution in [0.15, 0.2) is 64.7 Å². The van der Waals surface area contributed by atoms with E-state index in [0.29, 0.717) is 17.0 Å². The highest BCUT2D eigenvalue weighted by molar-refractivity contribution is 7.80. The fourth-order valence-electron chi connectivity index (χ4n) is 1.67. The second-order valence-corrected chi connectivity index (χ2v) is 4.89. The largest absolute Gasteiger partial charge is 0.397 e. The van der Waals surface area contributed by atoms with Crippen LogP contribution in [0.1, 0.15) is 6.92 Å². The molecule has 0 aliphatic heterocycles. The van der Waals surface area contributed by atoms with E-state index in [-0.39, 0.29) is 0 Å². The summed E-state index contributed by atoms with van der Waals surface area (Å²) in [6.07, 6.45) is 3.45. The van der Waals surface area contributed by atoms with Crippen molar-refractivity contribution in [3.05, 3.63) is 66.3 Å². The number of halogens is 2. The molecule has 0 saturated carbocycles. The van der Waals surface area contributed by atoms with Gasteiger partial charge in [0, 0.05) is 16.5 Å². The van der Waals surface area contributed by atoms with E-state index < -0.39 is 11.6 Å². The van der Waals surface area contributed by atoms with Gasteiger partial charge >= 0.3 is 0 Å². The Morgan fingerprint density at radius 3 is 2.35 bits per heavy atom. The molecule has 0 bridgehead atoms. The lowest BCUT2D eigenvalue weighted by Gasteiger charge is -2.03. The number of rotatable bonds is 3. The molecule has 0 spiro atoms. The van der Waals surface area contributed by atoms with Gasteiger partial charge in [-0.15, -0.1) is 12.6 Å². The van der Waals surface area contributed by atoms with Crippen LogP contribution < -0.4 is 5.73 Å². The number of hydrogen-bond donors (Lipinski definition) is 2. The maximum atomic E-state index is 13.4. The number of amidine groups is 1. The summed E-state index contributed by atoms with van der Waals surface area (Å²) in [4.78, 5) is 5.17. The fraction of sp³-hybridized carbons (Fsp3) is 0.118. The van der Waals surface area contributed by atoms with E-state index in [4.69, 9.17) is 5.73 Å². The summed E-state index contributed by atoms with van der Waals surface area (Å²) >= 11 is 4.13. The summed E-state index contributed by atoms with van der Waals surface area (Å²) in [5, 5.41) is 3.42. The van der Waals surface area contributed by atoms with Crippen molar-refractivity contribution < 1.29 is 13.6 Å². The zero-order chi connectivity index (χ0) is 17.2. The quantitative estimate of drug-likeness (QED) is 0.378.